The van der Waals surface area contributed by atoms with Gasteiger partial charge in [0.25, 0.3) is 0 Å². The van der Waals surface area contributed by atoms with Crippen molar-refractivity contribution in [3.63, 3.8) is 0 Å². The van der Waals surface area contributed by atoms with Crippen molar-refractivity contribution >= 4 is 36.1 Å². The average Bonchev–Trinajstić information content (AvgIpc) is 3.65. The quantitative estimate of drug-likeness (QED) is 0.00898. The van der Waals surface area contributed by atoms with E-state index < -0.39 is 132 Å². The maximum Gasteiger partial charge on any atom is 0.408 e. The molecule has 0 fully saturated rings. The molecule has 23 heteroatoms. The highest BCUT2D eigenvalue weighted by atomic mass is 19.2. The number of hydrogen-bond acceptors (Lipinski definition) is 13. The van der Waals surface area contributed by atoms with Gasteiger partial charge in [0.15, 0.2) is 0 Å². The van der Waals surface area contributed by atoms with Crippen molar-refractivity contribution in [3.05, 3.63) is 226 Å². The van der Waals surface area contributed by atoms with E-state index in [1.165, 1.54) is 30.3 Å². The Kier molecular flexibility index (Phi) is 22.9. The van der Waals surface area contributed by atoms with Gasteiger partial charge in [-0.2, -0.15) is 8.78 Å². The van der Waals surface area contributed by atoms with E-state index in [9.17, 15) is 55.8 Å². The summed E-state index contributed by atoms with van der Waals surface area (Å²) < 4.78 is 122. The van der Waals surface area contributed by atoms with E-state index in [0.29, 0.717) is 22.3 Å². The van der Waals surface area contributed by atoms with Crippen molar-refractivity contribution in [1.29, 1.82) is 0 Å². The molecule has 7 rings (SSSR count). The molecule has 0 unspecified atom stereocenters. The second-order valence-electron chi connectivity index (χ2n) is 20.6. The molecule has 4 amide bonds. The number of ether oxygens (including phenoxy) is 6. The van der Waals surface area contributed by atoms with Crippen LogP contribution in [-0.4, -0.2) is 77.6 Å². The maximum absolute atomic E-state index is 16.3. The number of hydrogen-bond donors (Lipinski definition) is 5. The Hall–Kier alpha value is -9.90. The normalized spacial score (nSPS) is 12.5. The summed E-state index contributed by atoms with van der Waals surface area (Å²) in [4.78, 5) is 81.6. The highest BCUT2D eigenvalue weighted by Gasteiger charge is 2.34. The van der Waals surface area contributed by atoms with Crippen LogP contribution in [0.3, 0.4) is 0 Å². The van der Waals surface area contributed by atoms with Gasteiger partial charge < -0.3 is 54.8 Å². The number of aliphatic hydroxyl groups is 1. The Morgan fingerprint density at radius 1 is 0.483 bits per heavy atom. The maximum atomic E-state index is 16.3. The van der Waals surface area contributed by atoms with E-state index in [-0.39, 0.29) is 54.4 Å². The topological polar surface area (TPSA) is 226 Å². The summed E-state index contributed by atoms with van der Waals surface area (Å²) in [6.07, 6.45) is -6.63. The summed E-state index contributed by atoms with van der Waals surface area (Å²) in [6, 6.07) is 36.9. The first kappa shape index (κ1) is 64.7. The van der Waals surface area contributed by atoms with Gasteiger partial charge >= 0.3 is 30.2 Å². The molecular weight excluding hydrogens is 1150 g/mol. The van der Waals surface area contributed by atoms with Gasteiger partial charge in [-0.25, -0.2) is 41.5 Å². The van der Waals surface area contributed by atoms with Crippen LogP contribution < -0.4 is 30.7 Å². The van der Waals surface area contributed by atoms with E-state index in [0.717, 1.165) is 6.07 Å². The van der Waals surface area contributed by atoms with E-state index in [2.05, 4.69) is 21.3 Å². The third kappa shape index (κ3) is 19.6. The van der Waals surface area contributed by atoms with Crippen LogP contribution in [0.1, 0.15) is 60.6 Å². The molecule has 0 saturated heterocycles. The fourth-order valence-corrected chi connectivity index (χ4v) is 8.40. The lowest BCUT2D eigenvalue weighted by Gasteiger charge is -2.26. The Bertz CT molecular complexity index is 3480. The highest BCUT2D eigenvalue weighted by Crippen LogP contribution is 2.33. The average molecular weight is 1210 g/mol. The zero-order valence-corrected chi connectivity index (χ0v) is 47.1. The predicted octanol–water partition coefficient (Wildman–Crippen LogP) is 10.6. The number of rotatable bonds is 25. The molecule has 0 aliphatic heterocycles. The third-order valence-corrected chi connectivity index (χ3v) is 12.7. The summed E-state index contributed by atoms with van der Waals surface area (Å²) in [7, 11) is 0. The number of amides is 4. The number of esters is 2. The second kappa shape index (κ2) is 30.8. The lowest BCUT2D eigenvalue weighted by atomic mass is 9.95. The second-order valence-corrected chi connectivity index (χ2v) is 20.6. The van der Waals surface area contributed by atoms with Gasteiger partial charge in [0, 0.05) is 25.8 Å². The standard InChI is InChI=1S/C64H60F6N4O13/c1-64(2,3)87-63(81)73-48(32-46(75)33-71-61(79)84-36-40-20-12-6-13-21-40)58(76)72-49(59(77)83-35-39-18-10-5-11-19-39)30-44-28-42(24-26-47(44)65)43-25-27-51(82-34-38-16-8-4-9-17-38)45(29-43)31-50(74-62(80)85-37-41-22-14-7-15-23-41)60(78)86-57-55(69)53(67)52(66)54(68)56(57)70/h4-29,46,48-50,75H,30-37H2,1-3H3,(H,71,79)(H,72,76)(H,73,81)(H,74,80)/t46-,48+,49+,50+/m1/s1. The number of benzene rings is 7. The number of carbonyl (C=O) groups excluding carboxylic acids is 6. The van der Waals surface area contributed by atoms with E-state index in [4.69, 9.17) is 28.4 Å². The predicted molar refractivity (Wildman–Crippen MR) is 302 cm³/mol. The number of nitrogens with one attached hydrogen (secondary N) is 4. The van der Waals surface area contributed by atoms with Gasteiger partial charge in [-0.3, -0.25) is 4.79 Å². The molecule has 87 heavy (non-hydrogen) atoms. The minimum atomic E-state index is -2.52. The van der Waals surface area contributed by atoms with Crippen LogP contribution >= 0.6 is 0 Å². The molecular formula is C64H60F6N4O13. The molecule has 17 nitrogen and oxygen atoms in total. The fourth-order valence-electron chi connectivity index (χ4n) is 8.40. The number of alkyl carbamates (subject to hydrolysis) is 3. The minimum absolute atomic E-state index is 0.0424. The molecule has 0 aliphatic carbocycles. The molecule has 0 bridgehead atoms. The largest absolute Gasteiger partial charge is 0.489 e. The first-order valence-electron chi connectivity index (χ1n) is 27.0. The molecule has 0 saturated carbocycles. The Morgan fingerprint density at radius 2 is 0.931 bits per heavy atom. The first-order chi connectivity index (χ1) is 41.6. The van der Waals surface area contributed by atoms with Crippen molar-refractivity contribution in [2.75, 3.05) is 6.54 Å². The summed E-state index contributed by atoms with van der Waals surface area (Å²) in [5, 5.41) is 20.7. The van der Waals surface area contributed by atoms with Crippen LogP contribution in [0.4, 0.5) is 40.7 Å². The molecule has 7 aromatic carbocycles. The third-order valence-electron chi connectivity index (χ3n) is 12.7. The van der Waals surface area contributed by atoms with Gasteiger partial charge in [0.1, 0.15) is 61.7 Å². The zero-order chi connectivity index (χ0) is 62.6. The molecule has 0 aromatic heterocycles. The first-order valence-corrected chi connectivity index (χ1v) is 27.0. The van der Waals surface area contributed by atoms with Crippen molar-refractivity contribution < 1.29 is 88.6 Å². The van der Waals surface area contributed by atoms with Crippen molar-refractivity contribution in [2.24, 2.45) is 0 Å². The van der Waals surface area contributed by atoms with Gasteiger partial charge in [-0.15, -0.1) is 0 Å². The number of halogens is 6. The molecule has 4 atom stereocenters. The molecule has 0 spiro atoms. The van der Waals surface area contributed by atoms with E-state index in [1.54, 1.807) is 142 Å². The number of carbonyl (C=O) groups is 6. The molecule has 5 N–H and O–H groups in total. The van der Waals surface area contributed by atoms with E-state index in [1.807, 2.05) is 0 Å². The number of aliphatic hydroxyl groups excluding tert-OH is 1. The minimum Gasteiger partial charge on any atom is -0.489 e. The van der Waals surface area contributed by atoms with Crippen LogP contribution in [0.5, 0.6) is 11.5 Å². The SMILES string of the molecule is CC(C)(C)OC(=O)N[C@@H](C[C@@H](O)CNC(=O)OCc1ccccc1)C(=O)N[C@@H](Cc1cc(-c2ccc(OCc3ccccc3)c(C[C@H](NC(=O)OCc3ccccc3)C(=O)Oc3c(F)c(F)c(F)c(F)c3F)c2)ccc1F)C(=O)OCc1ccccc1. The van der Waals surface area contributed by atoms with Crippen molar-refractivity contribution in [3.8, 4) is 22.6 Å². The van der Waals surface area contributed by atoms with Gasteiger partial charge in [-0.1, -0.05) is 133 Å². The Balaban J connectivity index is 1.20. The summed E-state index contributed by atoms with van der Waals surface area (Å²) >= 11 is 0. The van der Waals surface area contributed by atoms with Crippen LogP contribution in [0.15, 0.2) is 158 Å². The Morgan fingerprint density at radius 3 is 1.47 bits per heavy atom. The highest BCUT2D eigenvalue weighted by molar-refractivity contribution is 5.90. The Labute approximate surface area is 495 Å². The van der Waals surface area contributed by atoms with Gasteiger partial charge in [0.05, 0.1) is 6.10 Å². The van der Waals surface area contributed by atoms with Crippen molar-refractivity contribution in [1.82, 2.24) is 21.3 Å². The van der Waals surface area contributed by atoms with E-state index >= 15 is 4.39 Å². The lowest BCUT2D eigenvalue weighted by Crippen LogP contribution is -2.54. The van der Waals surface area contributed by atoms with Gasteiger partial charge in [-0.05, 0) is 89.5 Å². The smallest absolute Gasteiger partial charge is 0.408 e. The lowest BCUT2D eigenvalue weighted by molar-refractivity contribution is -0.149. The monoisotopic (exact) mass is 1210 g/mol. The summed E-state index contributed by atoms with van der Waals surface area (Å²) in [5.74, 6) is -18.9. The molecule has 0 heterocycles. The molecule has 0 radical (unpaired) electrons. The van der Waals surface area contributed by atoms with Gasteiger partial charge in [0.2, 0.25) is 40.7 Å². The zero-order valence-electron chi connectivity index (χ0n) is 47.1. The van der Waals surface area contributed by atoms with Crippen molar-refractivity contribution in [2.45, 2.75) is 96.3 Å². The molecule has 456 valence electrons. The molecule has 7 aromatic rings. The fraction of sp³-hybridized carbons (Fsp3) is 0.250. The summed E-state index contributed by atoms with van der Waals surface area (Å²) in [5.41, 5.74) is 1.68. The summed E-state index contributed by atoms with van der Waals surface area (Å²) in [6.45, 7) is 3.42. The molecule has 0 aliphatic rings. The van der Waals surface area contributed by atoms with Crippen LogP contribution in [0.25, 0.3) is 11.1 Å². The van der Waals surface area contributed by atoms with Crippen LogP contribution in [-0.2, 0) is 72.6 Å². The van der Waals surface area contributed by atoms with Crippen LogP contribution in [0.2, 0.25) is 0 Å². The van der Waals surface area contributed by atoms with Crippen LogP contribution in [0, 0.1) is 34.9 Å².